The van der Waals surface area contributed by atoms with E-state index in [1.807, 2.05) is 23.6 Å². The lowest BCUT2D eigenvalue weighted by molar-refractivity contribution is -0.139. The van der Waals surface area contributed by atoms with E-state index in [1.165, 1.54) is 22.7 Å². The van der Waals surface area contributed by atoms with Crippen molar-refractivity contribution in [2.75, 3.05) is 7.11 Å². The number of benzene rings is 1. The molecule has 0 bridgehead atoms. The van der Waals surface area contributed by atoms with E-state index < -0.39 is 11.8 Å². The van der Waals surface area contributed by atoms with Crippen molar-refractivity contribution >= 4 is 40.3 Å². The molecule has 3 rings (SSSR count). The molecule has 2 heterocycles. The topological polar surface area (TPSA) is 84.5 Å². The van der Waals surface area contributed by atoms with E-state index in [1.54, 1.807) is 37.4 Å². The van der Waals surface area contributed by atoms with E-state index in [4.69, 9.17) is 4.74 Å². The maximum Gasteiger partial charge on any atom is 0.309 e. The van der Waals surface area contributed by atoms with Crippen LogP contribution in [0.1, 0.15) is 25.0 Å². The third-order valence-electron chi connectivity index (χ3n) is 3.87. The summed E-state index contributed by atoms with van der Waals surface area (Å²) in [7, 11) is 1.58. The molecule has 2 aromatic heterocycles. The van der Waals surface area contributed by atoms with Crippen LogP contribution in [0.2, 0.25) is 0 Å². The van der Waals surface area contributed by atoms with Crippen LogP contribution in [0.3, 0.4) is 0 Å². The number of nitrogens with one attached hydrogen (secondary N) is 2. The quantitative estimate of drug-likeness (QED) is 0.460. The highest BCUT2D eigenvalue weighted by molar-refractivity contribution is 7.16. The fourth-order valence-electron chi connectivity index (χ4n) is 2.38. The van der Waals surface area contributed by atoms with E-state index in [-0.39, 0.29) is 18.9 Å². The molecule has 144 valence electrons. The molecule has 0 aliphatic heterocycles. The van der Waals surface area contributed by atoms with Gasteiger partial charge in [-0.2, -0.15) is 0 Å². The molecule has 0 radical (unpaired) electrons. The summed E-state index contributed by atoms with van der Waals surface area (Å²) in [6, 6.07) is 14.3. The number of rotatable bonds is 7. The molecular weight excluding hydrogens is 396 g/mol. The summed E-state index contributed by atoms with van der Waals surface area (Å²) < 4.78 is 5.07. The van der Waals surface area contributed by atoms with Gasteiger partial charge >= 0.3 is 11.8 Å². The van der Waals surface area contributed by atoms with Crippen LogP contribution in [0.15, 0.2) is 53.9 Å². The molecule has 0 atom stereocenters. The maximum absolute atomic E-state index is 12.3. The van der Waals surface area contributed by atoms with E-state index in [2.05, 4.69) is 10.6 Å². The van der Waals surface area contributed by atoms with Gasteiger partial charge in [-0.3, -0.25) is 14.4 Å². The van der Waals surface area contributed by atoms with Crippen LogP contribution in [0.5, 0.6) is 5.75 Å². The lowest BCUT2D eigenvalue weighted by Gasteiger charge is -2.06. The molecule has 6 nitrogen and oxygen atoms in total. The summed E-state index contributed by atoms with van der Waals surface area (Å²) in [4.78, 5) is 38.3. The first-order chi connectivity index (χ1) is 13.6. The smallest absolute Gasteiger partial charge is 0.309 e. The lowest BCUT2D eigenvalue weighted by atomic mass is 10.2. The highest BCUT2D eigenvalue weighted by Crippen LogP contribution is 2.22. The van der Waals surface area contributed by atoms with E-state index in [0.717, 1.165) is 16.2 Å². The zero-order chi connectivity index (χ0) is 19.9. The van der Waals surface area contributed by atoms with Crippen LogP contribution in [-0.2, 0) is 22.7 Å². The predicted octanol–water partition coefficient (Wildman–Crippen LogP) is 2.98. The van der Waals surface area contributed by atoms with Crippen LogP contribution < -0.4 is 15.4 Å². The molecule has 0 aliphatic rings. The molecule has 3 aromatic rings. The molecule has 0 unspecified atom stereocenters. The SMILES string of the molecule is COc1ccc(CNC(=O)C(=O)NCc2ccc(C(=O)c3cccs3)s2)cc1. The number of hydrogen-bond acceptors (Lipinski definition) is 6. The van der Waals surface area contributed by atoms with Gasteiger partial charge in [-0.25, -0.2) is 0 Å². The number of methoxy groups -OCH3 is 1. The van der Waals surface area contributed by atoms with Crippen molar-refractivity contribution in [1.82, 2.24) is 10.6 Å². The Balaban J connectivity index is 1.47. The summed E-state index contributed by atoms with van der Waals surface area (Å²) >= 11 is 2.70. The summed E-state index contributed by atoms with van der Waals surface area (Å²) in [5, 5.41) is 7.00. The Labute approximate surface area is 170 Å². The highest BCUT2D eigenvalue weighted by Gasteiger charge is 2.15. The van der Waals surface area contributed by atoms with Crippen LogP contribution >= 0.6 is 22.7 Å². The molecule has 2 amide bonds. The normalized spacial score (nSPS) is 10.3. The van der Waals surface area contributed by atoms with Gasteiger partial charge in [-0.1, -0.05) is 18.2 Å². The van der Waals surface area contributed by atoms with Gasteiger partial charge in [0.1, 0.15) is 5.75 Å². The second kappa shape index (κ2) is 9.29. The third kappa shape index (κ3) is 5.05. The fourth-order valence-corrected chi connectivity index (χ4v) is 4.02. The molecule has 0 spiro atoms. The summed E-state index contributed by atoms with van der Waals surface area (Å²) in [5.74, 6) is -0.731. The minimum Gasteiger partial charge on any atom is -0.497 e. The first kappa shape index (κ1) is 19.8. The molecule has 1 aromatic carbocycles. The predicted molar refractivity (Wildman–Crippen MR) is 109 cm³/mol. The molecular formula is C20H18N2O4S2. The summed E-state index contributed by atoms with van der Waals surface area (Å²) in [6.45, 7) is 0.436. The van der Waals surface area contributed by atoms with Crippen LogP contribution in [-0.4, -0.2) is 24.7 Å². The summed E-state index contributed by atoms with van der Waals surface area (Å²) in [6.07, 6.45) is 0. The second-order valence-electron chi connectivity index (χ2n) is 5.79. The van der Waals surface area contributed by atoms with Crippen LogP contribution in [0, 0.1) is 0 Å². The minimum atomic E-state index is -0.715. The third-order valence-corrected chi connectivity index (χ3v) is 5.82. The van der Waals surface area contributed by atoms with Crippen molar-refractivity contribution in [3.8, 4) is 5.75 Å². The van der Waals surface area contributed by atoms with E-state index >= 15 is 0 Å². The Morgan fingerprint density at radius 3 is 2.25 bits per heavy atom. The fraction of sp³-hybridized carbons (Fsp3) is 0.150. The van der Waals surface area contributed by atoms with E-state index in [0.29, 0.717) is 9.75 Å². The number of carbonyl (C=O) groups is 3. The summed E-state index contributed by atoms with van der Waals surface area (Å²) in [5.41, 5.74) is 0.858. The minimum absolute atomic E-state index is 0.0326. The second-order valence-corrected chi connectivity index (χ2v) is 7.90. The number of hydrogen-bond donors (Lipinski definition) is 2. The molecule has 0 saturated carbocycles. The first-order valence-corrected chi connectivity index (χ1v) is 10.1. The molecule has 0 aliphatic carbocycles. The number of ether oxygens (including phenoxy) is 1. The number of ketones is 1. The zero-order valence-electron chi connectivity index (χ0n) is 15.1. The Hall–Kier alpha value is -2.97. The molecule has 28 heavy (non-hydrogen) atoms. The van der Waals surface area contributed by atoms with Gasteiger partial charge in [-0.05, 0) is 41.3 Å². The standard InChI is InChI=1S/C20H18N2O4S2/c1-26-14-6-4-13(5-7-14)11-21-19(24)20(25)22-12-15-8-9-17(28-15)18(23)16-3-2-10-27-16/h2-10H,11-12H2,1H3,(H,21,24)(H,22,25). The molecule has 0 saturated heterocycles. The van der Waals surface area contributed by atoms with Gasteiger partial charge in [0, 0.05) is 11.4 Å². The number of amides is 2. The Kier molecular flexibility index (Phi) is 6.57. The molecule has 8 heteroatoms. The maximum atomic E-state index is 12.3. The van der Waals surface area contributed by atoms with Crippen molar-refractivity contribution in [2.45, 2.75) is 13.1 Å². The van der Waals surface area contributed by atoms with Gasteiger partial charge in [0.2, 0.25) is 5.78 Å². The number of thiophene rings is 2. The van der Waals surface area contributed by atoms with Crippen molar-refractivity contribution < 1.29 is 19.1 Å². The van der Waals surface area contributed by atoms with Gasteiger partial charge in [0.15, 0.2) is 0 Å². The van der Waals surface area contributed by atoms with Crippen LogP contribution in [0.4, 0.5) is 0 Å². The van der Waals surface area contributed by atoms with Gasteiger partial charge < -0.3 is 15.4 Å². The van der Waals surface area contributed by atoms with Crippen molar-refractivity contribution in [1.29, 1.82) is 0 Å². The molecule has 2 N–H and O–H groups in total. The van der Waals surface area contributed by atoms with Crippen molar-refractivity contribution in [3.05, 3.63) is 74.1 Å². The molecule has 0 fully saturated rings. The number of carbonyl (C=O) groups excluding carboxylic acids is 3. The van der Waals surface area contributed by atoms with Crippen LogP contribution in [0.25, 0.3) is 0 Å². The van der Waals surface area contributed by atoms with Gasteiger partial charge in [-0.15, -0.1) is 22.7 Å². The Morgan fingerprint density at radius 2 is 1.61 bits per heavy atom. The Bertz CT molecular complexity index is 963. The van der Waals surface area contributed by atoms with Crippen molar-refractivity contribution in [3.63, 3.8) is 0 Å². The van der Waals surface area contributed by atoms with Gasteiger partial charge in [0.25, 0.3) is 0 Å². The van der Waals surface area contributed by atoms with Crippen molar-refractivity contribution in [2.24, 2.45) is 0 Å². The lowest BCUT2D eigenvalue weighted by Crippen LogP contribution is -2.39. The van der Waals surface area contributed by atoms with E-state index in [9.17, 15) is 14.4 Å². The first-order valence-electron chi connectivity index (χ1n) is 8.42. The average Bonchev–Trinajstić information content (AvgIpc) is 3.42. The Morgan fingerprint density at radius 1 is 0.893 bits per heavy atom. The largest absolute Gasteiger partial charge is 0.497 e. The van der Waals surface area contributed by atoms with Gasteiger partial charge in [0.05, 0.1) is 23.4 Å². The monoisotopic (exact) mass is 414 g/mol. The highest BCUT2D eigenvalue weighted by atomic mass is 32.1. The zero-order valence-corrected chi connectivity index (χ0v) is 16.7. The average molecular weight is 415 g/mol.